The van der Waals surface area contributed by atoms with Crippen LogP contribution in [0.25, 0.3) is 5.70 Å². The fraction of sp³-hybridized carbons (Fsp3) is 0.111. The maximum absolute atomic E-state index is 11.3. The van der Waals surface area contributed by atoms with Crippen molar-refractivity contribution in [3.05, 3.63) is 65.2 Å². The molecule has 3 heterocycles. The summed E-state index contributed by atoms with van der Waals surface area (Å²) >= 11 is 0. The molecular weight excluding hydrogens is 306 g/mol. The van der Waals surface area contributed by atoms with Gasteiger partial charge in [0.1, 0.15) is 18.9 Å². The third-order valence-corrected chi connectivity index (χ3v) is 3.63. The van der Waals surface area contributed by atoms with Crippen LogP contribution < -0.4 is 0 Å². The van der Waals surface area contributed by atoms with Gasteiger partial charge in [-0.25, -0.2) is 4.99 Å². The van der Waals surface area contributed by atoms with Crippen LogP contribution in [-0.4, -0.2) is 34.5 Å². The van der Waals surface area contributed by atoms with Crippen LogP contribution in [0.4, 0.5) is 0 Å². The maximum atomic E-state index is 11.3. The number of aromatic nitrogens is 2. The minimum Gasteiger partial charge on any atom is -0.303 e. The summed E-state index contributed by atoms with van der Waals surface area (Å²) in [5.74, 6) is -0.365. The Bertz CT molecular complexity index is 871. The third kappa shape index (κ3) is 3.22. The Morgan fingerprint density at radius 1 is 0.917 bits per heavy atom. The summed E-state index contributed by atoms with van der Waals surface area (Å²) in [6, 6.07) is 6.44. The van der Waals surface area contributed by atoms with Gasteiger partial charge in [-0.05, 0) is 30.3 Å². The monoisotopic (exact) mass is 319 g/mol. The largest absolute Gasteiger partial charge is 0.303 e. The topological polar surface area (TPSA) is 89.3 Å². The molecule has 1 aliphatic rings. The zero-order valence-corrected chi connectivity index (χ0v) is 12.6. The molecule has 0 saturated heterocycles. The second-order valence-electron chi connectivity index (χ2n) is 5.30. The molecule has 0 spiro atoms. The Morgan fingerprint density at radius 3 is 2.17 bits per heavy atom. The van der Waals surface area contributed by atoms with E-state index >= 15 is 0 Å². The first-order chi connectivity index (χ1) is 11.7. The number of hydrogen-bond donors (Lipinski definition) is 0. The molecule has 6 nitrogen and oxygen atoms in total. The molecule has 0 aromatic carbocycles. The normalized spacial score (nSPS) is 16.8. The summed E-state index contributed by atoms with van der Waals surface area (Å²) in [5.41, 5.74) is 3.13. The second kappa shape index (κ2) is 6.87. The zero-order valence-electron chi connectivity index (χ0n) is 12.6. The highest BCUT2D eigenvalue weighted by Gasteiger charge is 2.20. The minimum absolute atomic E-state index is 0.365. The molecule has 0 fully saturated rings. The van der Waals surface area contributed by atoms with Crippen LogP contribution in [0.15, 0.2) is 47.7 Å². The predicted molar refractivity (Wildman–Crippen MR) is 87.9 cm³/mol. The van der Waals surface area contributed by atoms with Crippen LogP contribution in [0.5, 0.6) is 0 Å². The van der Waals surface area contributed by atoms with Gasteiger partial charge in [0.05, 0.1) is 22.8 Å². The lowest BCUT2D eigenvalue weighted by Crippen LogP contribution is -2.16. The van der Waals surface area contributed by atoms with Gasteiger partial charge < -0.3 is 4.79 Å². The fourth-order valence-electron chi connectivity index (χ4n) is 2.44. The fourth-order valence-corrected chi connectivity index (χ4v) is 2.44. The summed E-state index contributed by atoms with van der Waals surface area (Å²) in [6.45, 7) is 0. The van der Waals surface area contributed by atoms with Gasteiger partial charge >= 0.3 is 0 Å². The molecule has 0 radical (unpaired) electrons. The van der Waals surface area contributed by atoms with Crippen molar-refractivity contribution in [1.29, 1.82) is 0 Å². The van der Waals surface area contributed by atoms with Crippen molar-refractivity contribution in [2.75, 3.05) is 0 Å². The Labute approximate surface area is 138 Å². The summed E-state index contributed by atoms with van der Waals surface area (Å²) in [7, 11) is 0. The van der Waals surface area contributed by atoms with Crippen LogP contribution in [0.3, 0.4) is 0 Å². The molecule has 2 aromatic heterocycles. The van der Waals surface area contributed by atoms with Gasteiger partial charge in [0, 0.05) is 35.9 Å². The first-order valence-corrected chi connectivity index (χ1v) is 7.31. The van der Waals surface area contributed by atoms with Crippen LogP contribution in [0, 0.1) is 5.92 Å². The summed E-state index contributed by atoms with van der Waals surface area (Å²) in [4.78, 5) is 46.2. The average Bonchev–Trinajstić information content (AvgIpc) is 2.67. The van der Waals surface area contributed by atoms with Crippen LogP contribution in [-0.2, 0) is 4.79 Å². The van der Waals surface area contributed by atoms with Gasteiger partial charge in [-0.2, -0.15) is 0 Å². The number of carbonyl (C=O) groups excluding carboxylic acids is 3. The van der Waals surface area contributed by atoms with Gasteiger partial charge in [-0.3, -0.25) is 19.6 Å². The van der Waals surface area contributed by atoms with Gasteiger partial charge in [0.2, 0.25) is 0 Å². The van der Waals surface area contributed by atoms with Crippen molar-refractivity contribution in [3.63, 3.8) is 0 Å². The second-order valence-corrected chi connectivity index (χ2v) is 5.30. The third-order valence-electron chi connectivity index (χ3n) is 3.63. The number of hydrogen-bond acceptors (Lipinski definition) is 6. The van der Waals surface area contributed by atoms with Crippen LogP contribution >= 0.6 is 0 Å². The molecule has 2 aromatic rings. The minimum atomic E-state index is -0.365. The number of pyridine rings is 2. The molecule has 118 valence electrons. The van der Waals surface area contributed by atoms with E-state index in [0.29, 0.717) is 40.3 Å². The number of rotatable bonds is 5. The Balaban J connectivity index is 2.05. The van der Waals surface area contributed by atoms with E-state index in [-0.39, 0.29) is 5.92 Å². The molecule has 1 unspecified atom stereocenters. The first kappa shape index (κ1) is 15.6. The summed E-state index contributed by atoms with van der Waals surface area (Å²) < 4.78 is 0. The van der Waals surface area contributed by atoms with Crippen LogP contribution in [0.1, 0.15) is 38.5 Å². The molecule has 1 atom stereocenters. The number of allylic oxidation sites excluding steroid dienone is 1. The van der Waals surface area contributed by atoms with Gasteiger partial charge in [-0.1, -0.05) is 0 Å². The average molecular weight is 319 g/mol. The Hall–Kier alpha value is -3.28. The highest BCUT2D eigenvalue weighted by Crippen LogP contribution is 2.25. The molecule has 6 heteroatoms. The first-order valence-electron chi connectivity index (χ1n) is 7.31. The van der Waals surface area contributed by atoms with Crippen molar-refractivity contribution in [1.82, 2.24) is 9.97 Å². The molecule has 3 rings (SSSR count). The van der Waals surface area contributed by atoms with Crippen molar-refractivity contribution in [2.24, 2.45) is 10.9 Å². The van der Waals surface area contributed by atoms with E-state index in [1.54, 1.807) is 30.3 Å². The lowest BCUT2D eigenvalue weighted by atomic mass is 9.95. The van der Waals surface area contributed by atoms with Gasteiger partial charge in [-0.15, -0.1) is 0 Å². The number of aliphatic imine (C=N–C) groups is 1. The smallest absolute Gasteiger partial charge is 0.150 e. The van der Waals surface area contributed by atoms with Gasteiger partial charge in [0.25, 0.3) is 0 Å². The highest BCUT2D eigenvalue weighted by atomic mass is 16.1. The van der Waals surface area contributed by atoms with Crippen molar-refractivity contribution in [2.45, 2.75) is 6.42 Å². The van der Waals surface area contributed by atoms with E-state index in [4.69, 9.17) is 0 Å². The van der Waals surface area contributed by atoms with Gasteiger partial charge in [0.15, 0.2) is 0 Å². The van der Waals surface area contributed by atoms with E-state index < -0.39 is 0 Å². The van der Waals surface area contributed by atoms with Crippen molar-refractivity contribution >= 4 is 30.3 Å². The molecule has 0 N–H and O–H groups in total. The number of nitrogens with zero attached hydrogens (tertiary/aromatic N) is 3. The summed E-state index contributed by atoms with van der Waals surface area (Å²) in [5, 5.41) is 0. The molecule has 1 aliphatic heterocycles. The lowest BCUT2D eigenvalue weighted by Gasteiger charge is -2.17. The maximum Gasteiger partial charge on any atom is 0.150 e. The quantitative estimate of drug-likeness (QED) is 0.788. The number of aldehydes is 3. The van der Waals surface area contributed by atoms with E-state index in [2.05, 4.69) is 15.0 Å². The SMILES string of the molecule is O=Cc1ccnc(C2=CC(C=O)CC(c3cc(C=O)ccn3)=N2)c1. The van der Waals surface area contributed by atoms with Crippen LogP contribution in [0.2, 0.25) is 0 Å². The van der Waals surface area contributed by atoms with Crippen molar-refractivity contribution in [3.8, 4) is 0 Å². The van der Waals surface area contributed by atoms with E-state index in [9.17, 15) is 14.4 Å². The van der Waals surface area contributed by atoms with E-state index in [0.717, 1.165) is 18.9 Å². The Morgan fingerprint density at radius 2 is 1.54 bits per heavy atom. The molecule has 0 amide bonds. The van der Waals surface area contributed by atoms with E-state index in [1.165, 1.54) is 12.4 Å². The standard InChI is InChI=1S/C18H13N3O3/c22-9-12-1-3-19-15(5-12)17-7-14(11-24)8-18(21-17)16-6-13(10-23)2-4-20-16/h1-7,9-11,14H,8H2. The predicted octanol–water partition coefficient (Wildman–Crippen LogP) is 2.15. The molecule has 0 bridgehead atoms. The molecule has 0 saturated carbocycles. The molecule has 0 aliphatic carbocycles. The number of carbonyl (C=O) groups is 3. The highest BCUT2D eigenvalue weighted by molar-refractivity contribution is 6.05. The Kier molecular flexibility index (Phi) is 4.47. The zero-order chi connectivity index (χ0) is 16.9. The van der Waals surface area contributed by atoms with E-state index in [1.807, 2.05) is 0 Å². The van der Waals surface area contributed by atoms with Crippen molar-refractivity contribution < 1.29 is 14.4 Å². The molecular formula is C18H13N3O3. The summed E-state index contributed by atoms with van der Waals surface area (Å²) in [6.07, 6.45) is 7.46. The lowest BCUT2D eigenvalue weighted by molar-refractivity contribution is -0.109. The molecule has 24 heavy (non-hydrogen) atoms.